The number of carbonyl (C=O) groups is 1. The Morgan fingerprint density at radius 2 is 1.68 bits per heavy atom. The number of hydrogen-bond acceptors (Lipinski definition) is 2. The van der Waals surface area contributed by atoms with E-state index in [-0.39, 0.29) is 5.97 Å². The molecule has 0 radical (unpaired) electrons. The molecule has 1 aromatic rings. The lowest BCUT2D eigenvalue weighted by atomic mass is 10.1. The Bertz CT molecular complexity index is 382. The van der Waals surface area contributed by atoms with E-state index in [4.69, 9.17) is 4.74 Å². The summed E-state index contributed by atoms with van der Waals surface area (Å²) in [6.07, 6.45) is 8.13. The van der Waals surface area contributed by atoms with Crippen LogP contribution in [-0.2, 0) is 4.74 Å². The fourth-order valence-corrected chi connectivity index (χ4v) is 1.92. The molecule has 0 heterocycles. The standard InChI is InChI=1S/C17H24O2/c1-3-4-5-6-7-9-12-15(2)19-17(18)16-13-10-8-11-14-16/h8,10-11,13-14H,2-7,9,12H2,1H3. The monoisotopic (exact) mass is 260 g/mol. The molecule has 0 amide bonds. The predicted octanol–water partition coefficient (Wildman–Crippen LogP) is 5.11. The minimum absolute atomic E-state index is 0.309. The quantitative estimate of drug-likeness (QED) is 0.350. The number of allylic oxidation sites excluding steroid dienone is 1. The predicted molar refractivity (Wildman–Crippen MR) is 79.0 cm³/mol. The maximum absolute atomic E-state index is 11.7. The summed E-state index contributed by atoms with van der Waals surface area (Å²) < 4.78 is 5.23. The van der Waals surface area contributed by atoms with Crippen molar-refractivity contribution < 1.29 is 9.53 Å². The van der Waals surface area contributed by atoms with Crippen LogP contribution in [0.3, 0.4) is 0 Å². The van der Waals surface area contributed by atoms with E-state index in [1.165, 1.54) is 32.1 Å². The summed E-state index contributed by atoms with van der Waals surface area (Å²) in [5, 5.41) is 0. The van der Waals surface area contributed by atoms with Gasteiger partial charge in [0.05, 0.1) is 5.56 Å². The number of ether oxygens (including phenoxy) is 1. The molecule has 0 aliphatic rings. The Kier molecular flexibility index (Phi) is 7.64. The van der Waals surface area contributed by atoms with E-state index >= 15 is 0 Å². The zero-order valence-corrected chi connectivity index (χ0v) is 11.9. The maximum Gasteiger partial charge on any atom is 0.343 e. The molecule has 2 heteroatoms. The summed E-state index contributed by atoms with van der Waals surface area (Å²) in [7, 11) is 0. The lowest BCUT2D eigenvalue weighted by Gasteiger charge is -2.07. The molecule has 0 aromatic heterocycles. The van der Waals surface area contributed by atoms with Crippen molar-refractivity contribution in [3.05, 3.63) is 48.2 Å². The number of carbonyl (C=O) groups excluding carboxylic acids is 1. The van der Waals surface area contributed by atoms with Crippen LogP contribution in [0.4, 0.5) is 0 Å². The van der Waals surface area contributed by atoms with Gasteiger partial charge in [-0.15, -0.1) is 0 Å². The van der Waals surface area contributed by atoms with Gasteiger partial charge in [0.15, 0.2) is 0 Å². The number of hydrogen-bond donors (Lipinski definition) is 0. The smallest absolute Gasteiger partial charge is 0.343 e. The van der Waals surface area contributed by atoms with Gasteiger partial charge in [0.1, 0.15) is 5.76 Å². The minimum Gasteiger partial charge on any atom is -0.428 e. The fraction of sp³-hybridized carbons (Fsp3) is 0.471. The summed E-state index contributed by atoms with van der Waals surface area (Å²) in [6, 6.07) is 9.03. The Balaban J connectivity index is 2.16. The van der Waals surface area contributed by atoms with Crippen molar-refractivity contribution in [3.63, 3.8) is 0 Å². The van der Waals surface area contributed by atoms with Crippen molar-refractivity contribution in [2.75, 3.05) is 0 Å². The van der Waals surface area contributed by atoms with Crippen molar-refractivity contribution >= 4 is 5.97 Å². The first-order valence-electron chi connectivity index (χ1n) is 7.19. The van der Waals surface area contributed by atoms with Crippen LogP contribution in [0.5, 0.6) is 0 Å². The van der Waals surface area contributed by atoms with E-state index in [1.54, 1.807) is 12.1 Å². The van der Waals surface area contributed by atoms with E-state index in [9.17, 15) is 4.79 Å². The summed E-state index contributed by atoms with van der Waals surface area (Å²) in [5.74, 6) is 0.265. The van der Waals surface area contributed by atoms with Crippen LogP contribution in [0.2, 0.25) is 0 Å². The molecule has 0 saturated carbocycles. The second kappa shape index (κ2) is 9.37. The molecule has 104 valence electrons. The first kappa shape index (κ1) is 15.5. The highest BCUT2D eigenvalue weighted by atomic mass is 16.5. The van der Waals surface area contributed by atoms with Crippen LogP contribution in [0.1, 0.15) is 62.2 Å². The summed E-state index contributed by atoms with van der Waals surface area (Å²) in [4.78, 5) is 11.7. The largest absolute Gasteiger partial charge is 0.428 e. The number of esters is 1. The van der Waals surface area contributed by atoms with Gasteiger partial charge in [-0.2, -0.15) is 0 Å². The molecule has 0 saturated heterocycles. The summed E-state index contributed by atoms with van der Waals surface area (Å²) in [6.45, 7) is 6.02. The van der Waals surface area contributed by atoms with Crippen molar-refractivity contribution in [1.82, 2.24) is 0 Å². The van der Waals surface area contributed by atoms with E-state index in [0.29, 0.717) is 11.3 Å². The highest BCUT2D eigenvalue weighted by Gasteiger charge is 2.07. The number of benzene rings is 1. The SMILES string of the molecule is C=C(CCCCCCCC)OC(=O)c1ccccc1. The Morgan fingerprint density at radius 3 is 2.37 bits per heavy atom. The van der Waals surface area contributed by atoms with E-state index in [0.717, 1.165) is 12.8 Å². The molecule has 1 aromatic carbocycles. The molecule has 0 fully saturated rings. The molecule has 0 atom stereocenters. The van der Waals surface area contributed by atoms with Crippen molar-refractivity contribution in [3.8, 4) is 0 Å². The lowest BCUT2D eigenvalue weighted by Crippen LogP contribution is -2.04. The average molecular weight is 260 g/mol. The van der Waals surface area contributed by atoms with Gasteiger partial charge in [-0.05, 0) is 18.6 Å². The minimum atomic E-state index is -0.309. The van der Waals surface area contributed by atoms with Gasteiger partial charge >= 0.3 is 5.97 Å². The summed E-state index contributed by atoms with van der Waals surface area (Å²) in [5.41, 5.74) is 0.576. The second-order valence-electron chi connectivity index (χ2n) is 4.81. The fourth-order valence-electron chi connectivity index (χ4n) is 1.92. The van der Waals surface area contributed by atoms with Gasteiger partial charge in [-0.3, -0.25) is 0 Å². The van der Waals surface area contributed by atoms with Crippen molar-refractivity contribution in [2.45, 2.75) is 51.9 Å². The average Bonchev–Trinajstić information content (AvgIpc) is 2.43. The first-order chi connectivity index (χ1) is 9.24. The van der Waals surface area contributed by atoms with Gasteiger partial charge in [0.2, 0.25) is 0 Å². The molecule has 2 nitrogen and oxygen atoms in total. The van der Waals surface area contributed by atoms with Gasteiger partial charge in [-0.25, -0.2) is 4.79 Å². The third-order valence-electron chi connectivity index (χ3n) is 3.06. The normalized spacial score (nSPS) is 10.2. The molecule has 0 aliphatic carbocycles. The van der Waals surface area contributed by atoms with Crippen LogP contribution >= 0.6 is 0 Å². The third-order valence-corrected chi connectivity index (χ3v) is 3.06. The Hall–Kier alpha value is -1.57. The summed E-state index contributed by atoms with van der Waals surface area (Å²) >= 11 is 0. The topological polar surface area (TPSA) is 26.3 Å². The Labute approximate surface area is 116 Å². The van der Waals surface area contributed by atoms with Crippen LogP contribution in [-0.4, -0.2) is 5.97 Å². The van der Waals surface area contributed by atoms with Gasteiger partial charge in [0.25, 0.3) is 0 Å². The number of rotatable bonds is 9. The molecule has 0 unspecified atom stereocenters. The Morgan fingerprint density at radius 1 is 1.05 bits per heavy atom. The third kappa shape index (κ3) is 6.80. The molecule has 19 heavy (non-hydrogen) atoms. The van der Waals surface area contributed by atoms with Crippen LogP contribution in [0.15, 0.2) is 42.7 Å². The van der Waals surface area contributed by atoms with E-state index < -0.39 is 0 Å². The van der Waals surface area contributed by atoms with Crippen LogP contribution in [0, 0.1) is 0 Å². The van der Waals surface area contributed by atoms with E-state index in [1.807, 2.05) is 18.2 Å². The first-order valence-corrected chi connectivity index (χ1v) is 7.19. The second-order valence-corrected chi connectivity index (χ2v) is 4.81. The molecule has 0 N–H and O–H groups in total. The molecular formula is C17H24O2. The molecule has 0 aliphatic heterocycles. The zero-order valence-electron chi connectivity index (χ0n) is 11.9. The molecule has 0 spiro atoms. The highest BCUT2D eigenvalue weighted by Crippen LogP contribution is 2.13. The van der Waals surface area contributed by atoms with Gasteiger partial charge in [0, 0.05) is 6.42 Å². The van der Waals surface area contributed by atoms with Gasteiger partial charge in [-0.1, -0.05) is 63.8 Å². The lowest BCUT2D eigenvalue weighted by molar-refractivity contribution is 0.0614. The van der Waals surface area contributed by atoms with E-state index in [2.05, 4.69) is 13.5 Å². The zero-order chi connectivity index (χ0) is 13.9. The van der Waals surface area contributed by atoms with Crippen LogP contribution < -0.4 is 0 Å². The molecular weight excluding hydrogens is 236 g/mol. The van der Waals surface area contributed by atoms with Crippen molar-refractivity contribution in [1.29, 1.82) is 0 Å². The maximum atomic E-state index is 11.7. The van der Waals surface area contributed by atoms with Crippen molar-refractivity contribution in [2.24, 2.45) is 0 Å². The molecule has 0 bridgehead atoms. The highest BCUT2D eigenvalue weighted by molar-refractivity contribution is 5.89. The van der Waals surface area contributed by atoms with Gasteiger partial charge < -0.3 is 4.74 Å². The van der Waals surface area contributed by atoms with Crippen LogP contribution in [0.25, 0.3) is 0 Å². The molecule has 1 rings (SSSR count). The number of unbranched alkanes of at least 4 members (excludes halogenated alkanes) is 5.